The van der Waals surface area contributed by atoms with E-state index in [0.29, 0.717) is 6.61 Å². The average molecular weight is 241 g/mol. The van der Waals surface area contributed by atoms with Crippen LogP contribution in [-0.2, 0) is 16.1 Å². The zero-order chi connectivity index (χ0) is 11.4. The topological polar surface area (TPSA) is 18.5 Å². The second-order valence-corrected chi connectivity index (χ2v) is 4.73. The molecule has 0 radical (unpaired) electrons. The molecule has 3 heteroatoms. The number of methoxy groups -OCH3 is 1. The lowest BCUT2D eigenvalue weighted by Crippen LogP contribution is -2.20. The molecule has 1 fully saturated rings. The number of rotatable bonds is 3. The van der Waals surface area contributed by atoms with Gasteiger partial charge in [-0.25, -0.2) is 0 Å². The molecule has 1 aliphatic heterocycles. The Bertz CT molecular complexity index is 340. The highest BCUT2D eigenvalue weighted by atomic mass is 35.5. The summed E-state index contributed by atoms with van der Waals surface area (Å²) in [7, 11) is 1.71. The zero-order valence-electron chi connectivity index (χ0n) is 9.49. The molecule has 0 aliphatic carbocycles. The Morgan fingerprint density at radius 3 is 3.00 bits per heavy atom. The smallest absolute Gasteiger partial charge is 0.0842 e. The van der Waals surface area contributed by atoms with Gasteiger partial charge in [0, 0.05) is 19.1 Å². The lowest BCUT2D eigenvalue weighted by atomic mass is 9.97. The first-order chi connectivity index (χ1) is 7.81. The number of hydrogen-bond acceptors (Lipinski definition) is 2. The predicted octanol–water partition coefficient (Wildman–Crippen LogP) is 3.29. The highest BCUT2D eigenvalue weighted by Crippen LogP contribution is 2.32. The SMILES string of the molecule is COCc1ccccc1C1CC(Cl)CCO1. The molecule has 2 atom stereocenters. The van der Waals surface area contributed by atoms with E-state index >= 15 is 0 Å². The minimum Gasteiger partial charge on any atom is -0.380 e. The summed E-state index contributed by atoms with van der Waals surface area (Å²) in [5, 5.41) is 0.231. The highest BCUT2D eigenvalue weighted by Gasteiger charge is 2.23. The molecule has 0 aromatic heterocycles. The van der Waals surface area contributed by atoms with Crippen LogP contribution in [0, 0.1) is 0 Å². The molecule has 16 heavy (non-hydrogen) atoms. The molecule has 0 N–H and O–H groups in total. The van der Waals surface area contributed by atoms with E-state index in [2.05, 4.69) is 12.1 Å². The van der Waals surface area contributed by atoms with Crippen LogP contribution in [0.4, 0.5) is 0 Å². The van der Waals surface area contributed by atoms with Crippen LogP contribution < -0.4 is 0 Å². The van der Waals surface area contributed by atoms with Crippen LogP contribution in [0.15, 0.2) is 24.3 Å². The van der Waals surface area contributed by atoms with Crippen LogP contribution in [0.2, 0.25) is 0 Å². The molecule has 0 spiro atoms. The number of hydrogen-bond donors (Lipinski definition) is 0. The predicted molar refractivity (Wildman–Crippen MR) is 64.7 cm³/mol. The summed E-state index contributed by atoms with van der Waals surface area (Å²) >= 11 is 6.18. The summed E-state index contributed by atoms with van der Waals surface area (Å²) in [5.41, 5.74) is 2.41. The summed E-state index contributed by atoms with van der Waals surface area (Å²) in [4.78, 5) is 0. The van der Waals surface area contributed by atoms with Gasteiger partial charge < -0.3 is 9.47 Å². The van der Waals surface area contributed by atoms with E-state index in [1.54, 1.807) is 7.11 Å². The van der Waals surface area contributed by atoms with Crippen molar-refractivity contribution in [3.63, 3.8) is 0 Å². The third-order valence-corrected chi connectivity index (χ3v) is 3.32. The Morgan fingerprint density at radius 1 is 1.44 bits per heavy atom. The van der Waals surface area contributed by atoms with Crippen LogP contribution in [0.1, 0.15) is 30.1 Å². The first-order valence-corrected chi connectivity index (χ1v) is 6.07. The molecule has 2 rings (SSSR count). The quantitative estimate of drug-likeness (QED) is 0.755. The summed E-state index contributed by atoms with van der Waals surface area (Å²) in [6, 6.07) is 8.25. The van der Waals surface area contributed by atoms with E-state index in [9.17, 15) is 0 Å². The minimum absolute atomic E-state index is 0.127. The van der Waals surface area contributed by atoms with E-state index in [1.807, 2.05) is 12.1 Å². The van der Waals surface area contributed by atoms with E-state index < -0.39 is 0 Å². The van der Waals surface area contributed by atoms with Gasteiger partial charge in [0.1, 0.15) is 0 Å². The molecule has 88 valence electrons. The van der Waals surface area contributed by atoms with Gasteiger partial charge in [-0.1, -0.05) is 24.3 Å². The van der Waals surface area contributed by atoms with Gasteiger partial charge >= 0.3 is 0 Å². The van der Waals surface area contributed by atoms with Crippen molar-refractivity contribution in [3.8, 4) is 0 Å². The van der Waals surface area contributed by atoms with Crippen molar-refractivity contribution in [2.75, 3.05) is 13.7 Å². The van der Waals surface area contributed by atoms with Crippen LogP contribution >= 0.6 is 11.6 Å². The summed E-state index contributed by atoms with van der Waals surface area (Å²) < 4.78 is 11.0. The normalized spacial score (nSPS) is 25.6. The number of ether oxygens (including phenoxy) is 2. The van der Waals surface area contributed by atoms with Gasteiger partial charge in [-0.15, -0.1) is 11.6 Å². The van der Waals surface area contributed by atoms with Crippen molar-refractivity contribution in [2.24, 2.45) is 0 Å². The Labute approximate surface area is 102 Å². The van der Waals surface area contributed by atoms with Gasteiger partial charge in [-0.05, 0) is 24.0 Å². The van der Waals surface area contributed by atoms with Crippen molar-refractivity contribution in [1.82, 2.24) is 0 Å². The van der Waals surface area contributed by atoms with Gasteiger partial charge in [0.25, 0.3) is 0 Å². The van der Waals surface area contributed by atoms with Crippen molar-refractivity contribution >= 4 is 11.6 Å². The summed E-state index contributed by atoms with van der Waals surface area (Å²) in [6.07, 6.45) is 1.97. The molecule has 2 unspecified atom stereocenters. The fraction of sp³-hybridized carbons (Fsp3) is 0.538. The average Bonchev–Trinajstić information content (AvgIpc) is 2.30. The first kappa shape index (κ1) is 11.9. The molecule has 0 bridgehead atoms. The highest BCUT2D eigenvalue weighted by molar-refractivity contribution is 6.20. The van der Waals surface area contributed by atoms with E-state index in [-0.39, 0.29) is 11.5 Å². The Morgan fingerprint density at radius 2 is 2.25 bits per heavy atom. The standard InChI is InChI=1S/C13H17ClO2/c1-15-9-10-4-2-3-5-12(10)13-8-11(14)6-7-16-13/h2-5,11,13H,6-9H2,1H3. The molecule has 2 nitrogen and oxygen atoms in total. The lowest BCUT2D eigenvalue weighted by molar-refractivity contribution is 0.0154. The maximum Gasteiger partial charge on any atom is 0.0842 e. The lowest BCUT2D eigenvalue weighted by Gasteiger charge is -2.27. The van der Waals surface area contributed by atoms with Gasteiger partial charge in [-0.3, -0.25) is 0 Å². The van der Waals surface area contributed by atoms with Crippen molar-refractivity contribution in [1.29, 1.82) is 0 Å². The van der Waals surface area contributed by atoms with E-state index in [4.69, 9.17) is 21.1 Å². The fourth-order valence-electron chi connectivity index (χ4n) is 2.11. The van der Waals surface area contributed by atoms with Crippen LogP contribution in [-0.4, -0.2) is 19.1 Å². The van der Waals surface area contributed by atoms with Gasteiger partial charge in [-0.2, -0.15) is 0 Å². The number of halogens is 1. The summed E-state index contributed by atoms with van der Waals surface area (Å²) in [5.74, 6) is 0. The first-order valence-electron chi connectivity index (χ1n) is 5.63. The van der Waals surface area contributed by atoms with Crippen molar-refractivity contribution in [2.45, 2.75) is 30.9 Å². The second-order valence-electron chi connectivity index (χ2n) is 4.11. The van der Waals surface area contributed by atoms with Crippen LogP contribution in [0.5, 0.6) is 0 Å². The Balaban J connectivity index is 2.17. The van der Waals surface area contributed by atoms with Crippen LogP contribution in [0.3, 0.4) is 0 Å². The molecule has 1 aromatic rings. The molecule has 1 heterocycles. The number of benzene rings is 1. The monoisotopic (exact) mass is 240 g/mol. The third kappa shape index (κ3) is 2.76. The third-order valence-electron chi connectivity index (χ3n) is 2.92. The fourth-order valence-corrected chi connectivity index (χ4v) is 2.36. The summed E-state index contributed by atoms with van der Waals surface area (Å²) in [6.45, 7) is 1.38. The molecule has 1 aliphatic rings. The molecule has 0 saturated carbocycles. The molecular weight excluding hydrogens is 224 g/mol. The molecular formula is C13H17ClO2. The van der Waals surface area contributed by atoms with Crippen LogP contribution in [0.25, 0.3) is 0 Å². The molecule has 0 amide bonds. The minimum atomic E-state index is 0.127. The molecule has 1 aromatic carbocycles. The zero-order valence-corrected chi connectivity index (χ0v) is 10.2. The molecule has 1 saturated heterocycles. The van der Waals surface area contributed by atoms with Gasteiger partial charge in [0.2, 0.25) is 0 Å². The Hall–Kier alpha value is -0.570. The largest absolute Gasteiger partial charge is 0.380 e. The maximum atomic E-state index is 6.18. The van der Waals surface area contributed by atoms with Gasteiger partial charge in [0.05, 0.1) is 12.7 Å². The maximum absolute atomic E-state index is 6.18. The van der Waals surface area contributed by atoms with E-state index in [0.717, 1.165) is 19.4 Å². The van der Waals surface area contributed by atoms with Gasteiger partial charge in [0.15, 0.2) is 0 Å². The van der Waals surface area contributed by atoms with E-state index in [1.165, 1.54) is 11.1 Å². The Kier molecular flexibility index (Phi) is 4.22. The number of alkyl halides is 1. The second kappa shape index (κ2) is 5.67. The van der Waals surface area contributed by atoms with Crippen molar-refractivity contribution in [3.05, 3.63) is 35.4 Å². The van der Waals surface area contributed by atoms with Crippen molar-refractivity contribution < 1.29 is 9.47 Å².